The zero-order chi connectivity index (χ0) is 27.3. The second kappa shape index (κ2) is 9.40. The van der Waals surface area contributed by atoms with E-state index in [4.69, 9.17) is 19.4 Å². The predicted molar refractivity (Wildman–Crippen MR) is 152 cm³/mol. The zero-order valence-electron chi connectivity index (χ0n) is 21.8. The number of amides is 1. The Labute approximate surface area is 233 Å². The van der Waals surface area contributed by atoms with Crippen LogP contribution in [0, 0.1) is 5.92 Å². The van der Waals surface area contributed by atoms with E-state index in [1.54, 1.807) is 18.6 Å². The van der Waals surface area contributed by atoms with Gasteiger partial charge < -0.3 is 19.8 Å². The van der Waals surface area contributed by atoms with Gasteiger partial charge in [-0.3, -0.25) is 14.9 Å². The second-order valence-electron chi connectivity index (χ2n) is 10.3. The van der Waals surface area contributed by atoms with Crippen molar-refractivity contribution < 1.29 is 14.3 Å². The lowest BCUT2D eigenvalue weighted by atomic mass is 10.1. The lowest BCUT2D eigenvalue weighted by Crippen LogP contribution is -2.20. The number of imidazole rings is 1. The molecule has 0 saturated heterocycles. The molecule has 0 bridgehead atoms. The van der Waals surface area contributed by atoms with Crippen LogP contribution in [0.15, 0.2) is 61.1 Å². The van der Waals surface area contributed by atoms with E-state index >= 15 is 0 Å². The Hall–Kier alpha value is -5.32. The largest absolute Gasteiger partial charge is 0.454 e. The first-order chi connectivity index (χ1) is 20.2. The summed E-state index contributed by atoms with van der Waals surface area (Å²) in [5, 5.41) is 10.6. The van der Waals surface area contributed by atoms with Gasteiger partial charge in [-0.25, -0.2) is 15.0 Å². The Bertz CT molecular complexity index is 1960. The number of hydrogen-bond acceptors (Lipinski definition) is 8. The fourth-order valence-electron chi connectivity index (χ4n) is 5.63. The summed E-state index contributed by atoms with van der Waals surface area (Å²) in [6, 6.07) is 13.5. The van der Waals surface area contributed by atoms with Crippen molar-refractivity contribution in [2.24, 2.45) is 5.92 Å². The molecule has 1 aromatic carbocycles. The number of hydrogen-bond donors (Lipinski definition) is 3. The molecule has 1 aliphatic carbocycles. The summed E-state index contributed by atoms with van der Waals surface area (Å²) >= 11 is 0. The maximum atomic E-state index is 12.6. The van der Waals surface area contributed by atoms with Gasteiger partial charge in [0.15, 0.2) is 28.7 Å². The van der Waals surface area contributed by atoms with Gasteiger partial charge in [-0.05, 0) is 54.8 Å². The maximum absolute atomic E-state index is 12.6. The van der Waals surface area contributed by atoms with Crippen molar-refractivity contribution in [3.63, 3.8) is 0 Å². The number of benzene rings is 1. The average molecular weight is 545 g/mol. The maximum Gasteiger partial charge on any atom is 0.231 e. The van der Waals surface area contributed by atoms with E-state index in [1.807, 2.05) is 42.5 Å². The van der Waals surface area contributed by atoms with E-state index in [0.29, 0.717) is 39.8 Å². The molecule has 0 spiro atoms. The molecular formula is C30H24N8O3. The number of fused-ring (bicyclic) bond motifs is 3. The Morgan fingerprint density at radius 2 is 1.85 bits per heavy atom. The Kier molecular flexibility index (Phi) is 5.40. The topological polar surface area (TPSA) is 144 Å². The van der Waals surface area contributed by atoms with Gasteiger partial charge in [0.2, 0.25) is 12.7 Å². The van der Waals surface area contributed by atoms with Crippen molar-refractivity contribution >= 4 is 33.8 Å². The van der Waals surface area contributed by atoms with Crippen LogP contribution in [0.25, 0.3) is 56.1 Å². The third kappa shape index (κ3) is 4.13. The molecule has 5 aromatic heterocycles. The number of carbonyl (C=O) groups excluding carboxylic acids is 1. The summed E-state index contributed by atoms with van der Waals surface area (Å²) in [5.41, 5.74) is 7.40. The number of nitrogens with one attached hydrogen (secondary N) is 3. The summed E-state index contributed by atoms with van der Waals surface area (Å²) in [4.78, 5) is 34.6. The van der Waals surface area contributed by atoms with E-state index < -0.39 is 0 Å². The monoisotopic (exact) mass is 544 g/mol. The minimum Gasteiger partial charge on any atom is -0.454 e. The van der Waals surface area contributed by atoms with Crippen molar-refractivity contribution in [1.82, 2.24) is 35.1 Å². The number of pyridine rings is 3. The first kappa shape index (κ1) is 23.6. The van der Waals surface area contributed by atoms with Gasteiger partial charge >= 0.3 is 0 Å². The van der Waals surface area contributed by atoms with Gasteiger partial charge in [0.1, 0.15) is 5.52 Å². The highest BCUT2D eigenvalue weighted by Gasteiger charge is 2.23. The summed E-state index contributed by atoms with van der Waals surface area (Å²) in [5.74, 6) is 2.11. The third-order valence-electron chi connectivity index (χ3n) is 7.74. The first-order valence-electron chi connectivity index (χ1n) is 13.6. The molecule has 11 heteroatoms. The van der Waals surface area contributed by atoms with Crippen LogP contribution in [0.2, 0.25) is 0 Å². The number of nitrogens with zero attached hydrogens (tertiary/aromatic N) is 5. The van der Waals surface area contributed by atoms with E-state index in [9.17, 15) is 4.79 Å². The molecular weight excluding hydrogens is 520 g/mol. The molecule has 1 aliphatic heterocycles. The molecule has 1 fully saturated rings. The number of aromatic nitrogens is 7. The molecule has 0 radical (unpaired) electrons. The molecule has 0 unspecified atom stereocenters. The molecule has 8 rings (SSSR count). The standard InChI is InChI=1S/C30H24N8O3/c39-30(16-3-1-2-4-16)33-19-11-18(13-31-14-19)21-6-7-22-26(34-21)27(38-37-22)29-35-25-20(9-10-32-28(25)36-29)17-5-8-23-24(12-17)41-15-40-23/h5-14,16H,1-4,15H2,(H,33,39)(H,37,38)(H,32,35,36). The Morgan fingerprint density at radius 3 is 2.78 bits per heavy atom. The van der Waals surface area contributed by atoms with Crippen LogP contribution < -0.4 is 14.8 Å². The molecule has 6 aromatic rings. The SMILES string of the molecule is O=C(Nc1cncc(-c2ccc3[nH]nc(-c4nc5nccc(-c6ccc7c(c6)OCO7)c5[nH]4)c3n2)c1)C1CCCC1. The minimum absolute atomic E-state index is 0.0561. The molecule has 41 heavy (non-hydrogen) atoms. The number of H-pyrrole nitrogens is 2. The van der Waals surface area contributed by atoms with Gasteiger partial charge in [-0.1, -0.05) is 18.9 Å². The van der Waals surface area contributed by atoms with Crippen LogP contribution >= 0.6 is 0 Å². The Morgan fingerprint density at radius 1 is 0.951 bits per heavy atom. The van der Waals surface area contributed by atoms with E-state index in [1.165, 1.54) is 0 Å². The normalized spacial score (nSPS) is 14.7. The van der Waals surface area contributed by atoms with Crippen molar-refractivity contribution in [2.75, 3.05) is 12.1 Å². The predicted octanol–water partition coefficient (Wildman–Crippen LogP) is 5.48. The summed E-state index contributed by atoms with van der Waals surface area (Å²) in [6.45, 7) is 0.218. The fraction of sp³-hybridized carbons (Fsp3) is 0.200. The fourth-order valence-corrected chi connectivity index (χ4v) is 5.63. The van der Waals surface area contributed by atoms with Gasteiger partial charge in [0.05, 0.1) is 28.6 Å². The molecule has 3 N–H and O–H groups in total. The Balaban J connectivity index is 1.15. The molecule has 202 valence electrons. The number of aromatic amines is 2. The number of rotatable bonds is 5. The highest BCUT2D eigenvalue weighted by atomic mass is 16.7. The van der Waals surface area contributed by atoms with Gasteiger partial charge in [0, 0.05) is 29.4 Å². The molecule has 0 atom stereocenters. The summed E-state index contributed by atoms with van der Waals surface area (Å²) in [7, 11) is 0. The van der Waals surface area contributed by atoms with Crippen LogP contribution in [0.4, 0.5) is 5.69 Å². The van der Waals surface area contributed by atoms with Crippen LogP contribution in [-0.4, -0.2) is 47.8 Å². The molecule has 11 nitrogen and oxygen atoms in total. The molecule has 1 amide bonds. The number of anilines is 1. The highest BCUT2D eigenvalue weighted by Crippen LogP contribution is 2.38. The van der Waals surface area contributed by atoms with E-state index in [0.717, 1.165) is 59.2 Å². The number of ether oxygens (including phenoxy) is 2. The zero-order valence-corrected chi connectivity index (χ0v) is 21.8. The number of carbonyl (C=O) groups is 1. The smallest absolute Gasteiger partial charge is 0.231 e. The van der Waals surface area contributed by atoms with Crippen LogP contribution in [0.3, 0.4) is 0 Å². The molecule has 2 aliphatic rings. The van der Waals surface area contributed by atoms with Gasteiger partial charge in [-0.15, -0.1) is 0 Å². The lowest BCUT2D eigenvalue weighted by Gasteiger charge is -2.11. The average Bonchev–Trinajstić information content (AvgIpc) is 3.82. The quantitative estimate of drug-likeness (QED) is 0.259. The van der Waals surface area contributed by atoms with Crippen molar-refractivity contribution in [2.45, 2.75) is 25.7 Å². The molecule has 1 saturated carbocycles. The minimum atomic E-state index is 0.0561. The lowest BCUT2D eigenvalue weighted by molar-refractivity contribution is -0.119. The van der Waals surface area contributed by atoms with E-state index in [2.05, 4.69) is 30.5 Å². The summed E-state index contributed by atoms with van der Waals surface area (Å²) < 4.78 is 11.0. The molecule has 6 heterocycles. The first-order valence-corrected chi connectivity index (χ1v) is 13.6. The third-order valence-corrected chi connectivity index (χ3v) is 7.74. The van der Waals surface area contributed by atoms with Gasteiger partial charge in [-0.2, -0.15) is 5.10 Å². The van der Waals surface area contributed by atoms with Crippen LogP contribution in [0.1, 0.15) is 25.7 Å². The summed E-state index contributed by atoms with van der Waals surface area (Å²) in [6.07, 6.45) is 9.23. The van der Waals surface area contributed by atoms with Crippen LogP contribution in [-0.2, 0) is 4.79 Å². The van der Waals surface area contributed by atoms with Crippen LogP contribution in [0.5, 0.6) is 11.5 Å². The van der Waals surface area contributed by atoms with Crippen molar-refractivity contribution in [3.8, 4) is 45.4 Å². The van der Waals surface area contributed by atoms with Crippen molar-refractivity contribution in [3.05, 3.63) is 61.1 Å². The second-order valence-corrected chi connectivity index (χ2v) is 10.3. The van der Waals surface area contributed by atoms with E-state index in [-0.39, 0.29) is 18.6 Å². The van der Waals surface area contributed by atoms with Crippen molar-refractivity contribution in [1.29, 1.82) is 0 Å². The highest BCUT2D eigenvalue weighted by molar-refractivity contribution is 5.96. The van der Waals surface area contributed by atoms with Gasteiger partial charge in [0.25, 0.3) is 0 Å².